The van der Waals surface area contributed by atoms with E-state index in [1.165, 1.54) is 0 Å². The van der Waals surface area contributed by atoms with Crippen LogP contribution in [0.3, 0.4) is 0 Å². The van der Waals surface area contributed by atoms with E-state index in [1.54, 1.807) is 25.3 Å². The van der Waals surface area contributed by atoms with E-state index in [2.05, 4.69) is 5.32 Å². The molecule has 0 heterocycles. The molecule has 0 aliphatic carbocycles. The average molecular weight is 320 g/mol. The van der Waals surface area contributed by atoms with E-state index < -0.39 is 0 Å². The number of para-hydroxylation sites is 2. The van der Waals surface area contributed by atoms with Gasteiger partial charge in [0.2, 0.25) is 5.91 Å². The van der Waals surface area contributed by atoms with Gasteiger partial charge in [-0.05, 0) is 36.8 Å². The smallest absolute Gasteiger partial charge is 0.227 e. The Kier molecular flexibility index (Phi) is 5.67. The van der Waals surface area contributed by atoms with Crippen LogP contribution in [0, 0.1) is 6.92 Å². The number of carbonyl (C=O) groups excluding carboxylic acids is 1. The first-order chi connectivity index (χ1) is 10.6. The summed E-state index contributed by atoms with van der Waals surface area (Å²) in [4.78, 5) is 12.0. The molecule has 2 rings (SSSR count). The largest absolute Gasteiger partial charge is 0.493 e. The van der Waals surface area contributed by atoms with Gasteiger partial charge in [-0.15, -0.1) is 0 Å². The highest BCUT2D eigenvalue weighted by molar-refractivity contribution is 6.31. The summed E-state index contributed by atoms with van der Waals surface area (Å²) in [6.07, 6.45) is 0.240. The van der Waals surface area contributed by atoms with Crippen LogP contribution in [0.2, 0.25) is 5.02 Å². The highest BCUT2D eigenvalue weighted by atomic mass is 35.5. The van der Waals surface area contributed by atoms with E-state index in [1.807, 2.05) is 31.2 Å². The summed E-state index contributed by atoms with van der Waals surface area (Å²) in [5.74, 6) is 1.14. The van der Waals surface area contributed by atoms with E-state index in [0.29, 0.717) is 16.5 Å². The van der Waals surface area contributed by atoms with Crippen molar-refractivity contribution in [3.8, 4) is 11.5 Å². The van der Waals surface area contributed by atoms with Crippen LogP contribution in [0.1, 0.15) is 12.0 Å². The monoisotopic (exact) mass is 319 g/mol. The second kappa shape index (κ2) is 7.71. The van der Waals surface area contributed by atoms with Gasteiger partial charge in [0.05, 0.1) is 20.1 Å². The highest BCUT2D eigenvalue weighted by Gasteiger charge is 2.08. The number of ether oxygens (including phenoxy) is 2. The van der Waals surface area contributed by atoms with Crippen molar-refractivity contribution in [3.63, 3.8) is 0 Å². The molecule has 0 fully saturated rings. The number of rotatable bonds is 6. The molecule has 1 amide bonds. The topological polar surface area (TPSA) is 47.6 Å². The van der Waals surface area contributed by atoms with Gasteiger partial charge in [-0.25, -0.2) is 0 Å². The van der Waals surface area contributed by atoms with Crippen molar-refractivity contribution < 1.29 is 14.3 Å². The predicted octanol–water partition coefficient (Wildman–Crippen LogP) is 4.06. The molecule has 0 aliphatic rings. The third kappa shape index (κ3) is 4.15. The zero-order valence-electron chi connectivity index (χ0n) is 12.6. The highest BCUT2D eigenvalue weighted by Crippen LogP contribution is 2.26. The number of anilines is 1. The number of nitrogens with one attached hydrogen (secondary N) is 1. The van der Waals surface area contributed by atoms with Gasteiger partial charge >= 0.3 is 0 Å². The summed E-state index contributed by atoms with van der Waals surface area (Å²) in [6, 6.07) is 12.7. The Labute approximate surface area is 135 Å². The third-order valence-corrected chi connectivity index (χ3v) is 3.61. The van der Waals surface area contributed by atoms with Crippen LogP contribution in [0.25, 0.3) is 0 Å². The van der Waals surface area contributed by atoms with Crippen molar-refractivity contribution >= 4 is 23.2 Å². The maximum Gasteiger partial charge on any atom is 0.227 e. The van der Waals surface area contributed by atoms with Crippen molar-refractivity contribution in [2.24, 2.45) is 0 Å². The van der Waals surface area contributed by atoms with Crippen LogP contribution in [0.4, 0.5) is 5.69 Å². The molecule has 0 spiro atoms. The van der Waals surface area contributed by atoms with Gasteiger partial charge in [0, 0.05) is 10.7 Å². The van der Waals surface area contributed by atoms with Gasteiger partial charge in [0.15, 0.2) is 11.5 Å². The molecule has 0 atom stereocenters. The molecular weight excluding hydrogens is 302 g/mol. The quantitative estimate of drug-likeness (QED) is 0.873. The van der Waals surface area contributed by atoms with Crippen LogP contribution in [-0.4, -0.2) is 19.6 Å². The predicted molar refractivity (Wildman–Crippen MR) is 87.9 cm³/mol. The molecule has 0 unspecified atom stereocenters. The molecule has 0 radical (unpaired) electrons. The molecule has 1 N–H and O–H groups in total. The molecule has 0 aliphatic heterocycles. The van der Waals surface area contributed by atoms with Gasteiger partial charge in [0.1, 0.15) is 0 Å². The van der Waals surface area contributed by atoms with Crippen LogP contribution in [0.15, 0.2) is 42.5 Å². The summed E-state index contributed by atoms with van der Waals surface area (Å²) in [6.45, 7) is 2.13. The lowest BCUT2D eigenvalue weighted by atomic mass is 10.2. The fraction of sp³-hybridized carbons (Fsp3) is 0.235. The number of methoxy groups -OCH3 is 1. The number of hydrogen-bond acceptors (Lipinski definition) is 3. The van der Waals surface area contributed by atoms with Crippen molar-refractivity contribution in [1.82, 2.24) is 0 Å². The Hall–Kier alpha value is -2.20. The number of benzene rings is 2. The first-order valence-electron chi connectivity index (χ1n) is 6.92. The van der Waals surface area contributed by atoms with E-state index in [-0.39, 0.29) is 18.9 Å². The summed E-state index contributed by atoms with van der Waals surface area (Å²) < 4.78 is 10.8. The van der Waals surface area contributed by atoms with E-state index in [0.717, 1.165) is 11.3 Å². The zero-order chi connectivity index (χ0) is 15.9. The number of amides is 1. The normalized spacial score (nSPS) is 10.1. The standard InChI is InChI=1S/C17H18ClNO3/c1-12-13(18)6-5-7-14(12)19-17(20)10-11-22-16-9-4-3-8-15(16)21-2/h3-9H,10-11H2,1-2H3,(H,19,20). The second-order valence-electron chi connectivity index (χ2n) is 4.71. The summed E-state index contributed by atoms with van der Waals surface area (Å²) in [7, 11) is 1.58. The van der Waals surface area contributed by atoms with Crippen LogP contribution >= 0.6 is 11.6 Å². The summed E-state index contributed by atoms with van der Waals surface area (Å²) >= 11 is 6.03. The SMILES string of the molecule is COc1ccccc1OCCC(=O)Nc1cccc(Cl)c1C. The van der Waals surface area contributed by atoms with Crippen molar-refractivity contribution in [2.45, 2.75) is 13.3 Å². The minimum atomic E-state index is -0.125. The lowest BCUT2D eigenvalue weighted by molar-refractivity contribution is -0.116. The molecule has 0 bridgehead atoms. The lowest BCUT2D eigenvalue weighted by Crippen LogP contribution is -2.16. The zero-order valence-corrected chi connectivity index (χ0v) is 13.3. The maximum absolute atomic E-state index is 12.0. The Morgan fingerprint density at radius 1 is 1.14 bits per heavy atom. The lowest BCUT2D eigenvalue weighted by Gasteiger charge is -2.11. The van der Waals surface area contributed by atoms with Crippen LogP contribution < -0.4 is 14.8 Å². The fourth-order valence-electron chi connectivity index (χ4n) is 1.95. The first kappa shape index (κ1) is 16.2. The van der Waals surface area contributed by atoms with Gasteiger partial charge in [0.25, 0.3) is 0 Å². The summed E-state index contributed by atoms with van der Waals surface area (Å²) in [5.41, 5.74) is 1.57. The Balaban J connectivity index is 1.87. The third-order valence-electron chi connectivity index (χ3n) is 3.20. The molecule has 5 heteroatoms. The minimum Gasteiger partial charge on any atom is -0.493 e. The maximum atomic E-state index is 12.0. The van der Waals surface area contributed by atoms with Gasteiger partial charge in [-0.3, -0.25) is 4.79 Å². The average Bonchev–Trinajstić information content (AvgIpc) is 2.52. The molecule has 2 aromatic rings. The molecule has 0 aromatic heterocycles. The van der Waals surface area contributed by atoms with Crippen molar-refractivity contribution in [1.29, 1.82) is 0 Å². The van der Waals surface area contributed by atoms with E-state index >= 15 is 0 Å². The molecular formula is C17H18ClNO3. The molecule has 4 nitrogen and oxygen atoms in total. The Bertz CT molecular complexity index is 658. The van der Waals surface area contributed by atoms with Gasteiger partial charge in [-0.1, -0.05) is 29.8 Å². The number of halogens is 1. The molecule has 116 valence electrons. The van der Waals surface area contributed by atoms with Crippen molar-refractivity contribution in [3.05, 3.63) is 53.1 Å². The van der Waals surface area contributed by atoms with Crippen LogP contribution in [0.5, 0.6) is 11.5 Å². The number of carbonyl (C=O) groups is 1. The second-order valence-corrected chi connectivity index (χ2v) is 5.12. The van der Waals surface area contributed by atoms with Crippen LogP contribution in [-0.2, 0) is 4.79 Å². The molecule has 2 aromatic carbocycles. The van der Waals surface area contributed by atoms with Crippen molar-refractivity contribution in [2.75, 3.05) is 19.0 Å². The first-order valence-corrected chi connectivity index (χ1v) is 7.30. The van der Waals surface area contributed by atoms with E-state index in [4.69, 9.17) is 21.1 Å². The molecule has 0 saturated carbocycles. The Morgan fingerprint density at radius 2 is 1.86 bits per heavy atom. The fourth-order valence-corrected chi connectivity index (χ4v) is 2.12. The Morgan fingerprint density at radius 3 is 2.59 bits per heavy atom. The number of hydrogen-bond donors (Lipinski definition) is 1. The minimum absolute atomic E-state index is 0.125. The van der Waals surface area contributed by atoms with Gasteiger partial charge in [-0.2, -0.15) is 0 Å². The van der Waals surface area contributed by atoms with E-state index in [9.17, 15) is 4.79 Å². The molecule has 22 heavy (non-hydrogen) atoms. The van der Waals surface area contributed by atoms with Gasteiger partial charge < -0.3 is 14.8 Å². The molecule has 0 saturated heterocycles. The summed E-state index contributed by atoms with van der Waals surface area (Å²) in [5, 5.41) is 3.46.